The minimum Gasteiger partial charge on any atom is -0.347 e. The Hall–Kier alpha value is -2.68. The van der Waals surface area contributed by atoms with Crippen molar-refractivity contribution in [2.75, 3.05) is 0 Å². The van der Waals surface area contributed by atoms with Crippen LogP contribution in [-0.4, -0.2) is 10.9 Å². The molecule has 3 aromatic rings. The molecule has 1 aromatic heterocycles. The second kappa shape index (κ2) is 5.75. The van der Waals surface area contributed by atoms with Gasteiger partial charge < -0.3 is 5.32 Å². The van der Waals surface area contributed by atoms with Gasteiger partial charge >= 0.3 is 0 Å². The number of pyridine rings is 1. The molecule has 0 bridgehead atoms. The van der Waals surface area contributed by atoms with E-state index in [0.29, 0.717) is 12.2 Å². The van der Waals surface area contributed by atoms with Crippen molar-refractivity contribution in [1.29, 1.82) is 0 Å². The smallest absolute Gasteiger partial charge is 0.270 e. The van der Waals surface area contributed by atoms with Crippen molar-refractivity contribution in [3.8, 4) is 0 Å². The lowest BCUT2D eigenvalue weighted by Gasteiger charge is -2.06. The maximum absolute atomic E-state index is 12.2. The lowest BCUT2D eigenvalue weighted by atomic mass is 10.1. The van der Waals surface area contributed by atoms with Crippen LogP contribution in [-0.2, 0) is 6.54 Å². The van der Waals surface area contributed by atoms with Gasteiger partial charge in [-0.05, 0) is 23.9 Å². The van der Waals surface area contributed by atoms with Crippen molar-refractivity contribution in [2.45, 2.75) is 13.5 Å². The Bertz CT molecular complexity index is 796. The Morgan fingerprint density at radius 3 is 2.67 bits per heavy atom. The van der Waals surface area contributed by atoms with E-state index < -0.39 is 0 Å². The molecule has 0 fully saturated rings. The number of amides is 1. The molecule has 3 nitrogen and oxygen atoms in total. The number of fused-ring (bicyclic) bond motifs is 1. The largest absolute Gasteiger partial charge is 0.347 e. The van der Waals surface area contributed by atoms with Crippen LogP contribution in [0.3, 0.4) is 0 Å². The predicted molar refractivity (Wildman–Crippen MR) is 84.1 cm³/mol. The Morgan fingerprint density at radius 2 is 1.86 bits per heavy atom. The van der Waals surface area contributed by atoms with Gasteiger partial charge in [-0.1, -0.05) is 54.1 Å². The molecule has 0 atom stereocenters. The predicted octanol–water partition coefficient (Wildman–Crippen LogP) is 3.47. The highest BCUT2D eigenvalue weighted by molar-refractivity contribution is 5.96. The molecule has 1 N–H and O–H groups in total. The number of carbonyl (C=O) groups is 1. The van der Waals surface area contributed by atoms with Crippen molar-refractivity contribution < 1.29 is 4.79 Å². The molecular formula is C18H16N2O. The van der Waals surface area contributed by atoms with E-state index in [2.05, 4.69) is 16.4 Å². The van der Waals surface area contributed by atoms with Gasteiger partial charge in [0, 0.05) is 18.1 Å². The van der Waals surface area contributed by atoms with Crippen LogP contribution in [0.1, 0.15) is 21.6 Å². The molecule has 0 spiro atoms. The molecule has 0 saturated carbocycles. The molecule has 0 aliphatic heterocycles. The van der Waals surface area contributed by atoms with E-state index in [1.165, 1.54) is 5.56 Å². The van der Waals surface area contributed by atoms with Gasteiger partial charge in [0.05, 0.1) is 0 Å². The molecule has 104 valence electrons. The maximum Gasteiger partial charge on any atom is 0.270 e. The Morgan fingerprint density at radius 1 is 1.05 bits per heavy atom. The fourth-order valence-corrected chi connectivity index (χ4v) is 2.30. The Labute approximate surface area is 123 Å². The van der Waals surface area contributed by atoms with E-state index in [1.54, 1.807) is 6.20 Å². The number of benzene rings is 2. The molecule has 0 aliphatic rings. The monoisotopic (exact) mass is 276 g/mol. The van der Waals surface area contributed by atoms with Crippen molar-refractivity contribution in [2.24, 2.45) is 0 Å². The molecule has 3 rings (SSSR count). The van der Waals surface area contributed by atoms with E-state index in [0.717, 1.165) is 16.3 Å². The first-order chi connectivity index (χ1) is 10.2. The van der Waals surface area contributed by atoms with Crippen molar-refractivity contribution in [1.82, 2.24) is 10.3 Å². The number of aromatic nitrogens is 1. The van der Waals surface area contributed by atoms with E-state index in [-0.39, 0.29) is 5.91 Å². The minimum atomic E-state index is -0.151. The van der Waals surface area contributed by atoms with Crippen molar-refractivity contribution in [3.05, 3.63) is 77.6 Å². The molecule has 3 heteroatoms. The molecule has 0 saturated heterocycles. The zero-order valence-electron chi connectivity index (χ0n) is 11.8. The van der Waals surface area contributed by atoms with Crippen LogP contribution >= 0.6 is 0 Å². The number of aryl methyl sites for hydroxylation is 1. The van der Waals surface area contributed by atoms with E-state index in [9.17, 15) is 4.79 Å². The average Bonchev–Trinajstić information content (AvgIpc) is 2.52. The van der Waals surface area contributed by atoms with E-state index in [1.807, 2.05) is 55.5 Å². The maximum atomic E-state index is 12.2. The second-order valence-electron chi connectivity index (χ2n) is 5.09. The highest BCUT2D eigenvalue weighted by Crippen LogP contribution is 2.13. The second-order valence-corrected chi connectivity index (χ2v) is 5.09. The van der Waals surface area contributed by atoms with Crippen LogP contribution < -0.4 is 5.32 Å². The summed E-state index contributed by atoms with van der Waals surface area (Å²) >= 11 is 0. The van der Waals surface area contributed by atoms with Crippen LogP contribution in [0.25, 0.3) is 10.8 Å². The standard InChI is InChI=1S/C18H16N2O/c1-13-5-4-6-14(9-13)11-20-18(21)17-10-15-7-2-3-8-16(15)12-19-17/h2-10,12H,11H2,1H3,(H,20,21). The zero-order chi connectivity index (χ0) is 14.7. The Balaban J connectivity index is 1.74. The number of hydrogen-bond acceptors (Lipinski definition) is 2. The molecule has 0 radical (unpaired) electrons. The molecule has 0 unspecified atom stereocenters. The zero-order valence-corrected chi connectivity index (χ0v) is 11.8. The summed E-state index contributed by atoms with van der Waals surface area (Å²) in [6, 6.07) is 17.8. The normalized spacial score (nSPS) is 10.5. The summed E-state index contributed by atoms with van der Waals surface area (Å²) in [5, 5.41) is 4.96. The number of nitrogens with zero attached hydrogens (tertiary/aromatic N) is 1. The van der Waals surface area contributed by atoms with Gasteiger partial charge in [0.1, 0.15) is 5.69 Å². The quantitative estimate of drug-likeness (QED) is 0.796. The number of carbonyl (C=O) groups excluding carboxylic acids is 1. The lowest BCUT2D eigenvalue weighted by molar-refractivity contribution is 0.0946. The summed E-state index contributed by atoms with van der Waals surface area (Å²) in [6.07, 6.45) is 1.73. The van der Waals surface area contributed by atoms with Crippen LogP contribution in [0.5, 0.6) is 0 Å². The number of nitrogens with one attached hydrogen (secondary N) is 1. The summed E-state index contributed by atoms with van der Waals surface area (Å²) < 4.78 is 0. The highest BCUT2D eigenvalue weighted by Gasteiger charge is 2.07. The first kappa shape index (κ1) is 13.3. The van der Waals surface area contributed by atoms with Crippen LogP contribution in [0.4, 0.5) is 0 Å². The third-order valence-corrected chi connectivity index (χ3v) is 3.40. The molecular weight excluding hydrogens is 260 g/mol. The summed E-state index contributed by atoms with van der Waals surface area (Å²) in [5.74, 6) is -0.151. The molecule has 1 amide bonds. The fraction of sp³-hybridized carbons (Fsp3) is 0.111. The molecule has 1 heterocycles. The van der Waals surface area contributed by atoms with Gasteiger partial charge in [-0.15, -0.1) is 0 Å². The Kier molecular flexibility index (Phi) is 3.65. The van der Waals surface area contributed by atoms with Gasteiger partial charge in [0.15, 0.2) is 0 Å². The average molecular weight is 276 g/mol. The fourth-order valence-electron chi connectivity index (χ4n) is 2.30. The summed E-state index contributed by atoms with van der Waals surface area (Å²) in [7, 11) is 0. The third kappa shape index (κ3) is 3.08. The van der Waals surface area contributed by atoms with Crippen molar-refractivity contribution in [3.63, 3.8) is 0 Å². The summed E-state index contributed by atoms with van der Waals surface area (Å²) in [4.78, 5) is 16.4. The molecule has 0 aliphatic carbocycles. The van der Waals surface area contributed by atoms with Gasteiger partial charge in [0.25, 0.3) is 5.91 Å². The topological polar surface area (TPSA) is 42.0 Å². The summed E-state index contributed by atoms with van der Waals surface area (Å²) in [6.45, 7) is 2.55. The van der Waals surface area contributed by atoms with Crippen LogP contribution in [0.15, 0.2) is 60.8 Å². The number of rotatable bonds is 3. The lowest BCUT2D eigenvalue weighted by Crippen LogP contribution is -2.23. The number of hydrogen-bond donors (Lipinski definition) is 1. The first-order valence-electron chi connectivity index (χ1n) is 6.91. The third-order valence-electron chi connectivity index (χ3n) is 3.40. The minimum absolute atomic E-state index is 0.151. The van der Waals surface area contributed by atoms with E-state index >= 15 is 0 Å². The van der Waals surface area contributed by atoms with Crippen molar-refractivity contribution >= 4 is 16.7 Å². The van der Waals surface area contributed by atoms with E-state index in [4.69, 9.17) is 0 Å². The van der Waals surface area contributed by atoms with Gasteiger partial charge in [-0.25, -0.2) is 0 Å². The van der Waals surface area contributed by atoms with Crippen LogP contribution in [0, 0.1) is 6.92 Å². The van der Waals surface area contributed by atoms with Crippen LogP contribution in [0.2, 0.25) is 0 Å². The van der Waals surface area contributed by atoms with Gasteiger partial charge in [-0.2, -0.15) is 0 Å². The summed E-state index contributed by atoms with van der Waals surface area (Å²) in [5.41, 5.74) is 2.72. The first-order valence-corrected chi connectivity index (χ1v) is 6.91. The van der Waals surface area contributed by atoms with Gasteiger partial charge in [-0.3, -0.25) is 9.78 Å². The SMILES string of the molecule is Cc1cccc(CNC(=O)c2cc3ccccc3cn2)c1. The molecule has 2 aromatic carbocycles. The molecule has 21 heavy (non-hydrogen) atoms. The highest BCUT2D eigenvalue weighted by atomic mass is 16.1. The van der Waals surface area contributed by atoms with Gasteiger partial charge in [0.2, 0.25) is 0 Å².